The van der Waals surface area contributed by atoms with Gasteiger partial charge in [0.15, 0.2) is 0 Å². The van der Waals surface area contributed by atoms with Gasteiger partial charge in [0, 0.05) is 34.9 Å². The zero-order chi connectivity index (χ0) is 15.8. The Kier molecular flexibility index (Phi) is 7.61. The summed E-state index contributed by atoms with van der Waals surface area (Å²) in [5.74, 6) is 0.445. The molecule has 1 aromatic carbocycles. The van der Waals surface area contributed by atoms with Crippen LogP contribution in [0.2, 0.25) is 0 Å². The molecule has 1 rings (SSSR count). The first-order valence-corrected chi connectivity index (χ1v) is 9.05. The molecule has 5 heteroatoms. The second kappa shape index (κ2) is 8.95. The first-order chi connectivity index (χ1) is 9.97. The number of aliphatic hydroxyl groups excluding tert-OH is 1. The third kappa shape index (κ3) is 5.98. The summed E-state index contributed by atoms with van der Waals surface area (Å²) < 4.78 is 11.2. The fourth-order valence-electron chi connectivity index (χ4n) is 2.34. The molecule has 1 amide bonds. The van der Waals surface area contributed by atoms with Crippen molar-refractivity contribution < 1.29 is 14.1 Å². The highest BCUT2D eigenvalue weighted by Crippen LogP contribution is 2.13. The van der Waals surface area contributed by atoms with Crippen molar-refractivity contribution in [3.8, 4) is 0 Å². The Morgan fingerprint density at radius 3 is 2.57 bits per heavy atom. The molecule has 21 heavy (non-hydrogen) atoms. The Morgan fingerprint density at radius 1 is 1.33 bits per heavy atom. The normalized spacial score (nSPS) is 14.0. The molecule has 0 aliphatic heterocycles. The topological polar surface area (TPSA) is 66.4 Å². The van der Waals surface area contributed by atoms with Gasteiger partial charge in [-0.15, -0.1) is 0 Å². The second-order valence-electron chi connectivity index (χ2n) is 5.27. The largest absolute Gasteiger partial charge is 0.391 e. The van der Waals surface area contributed by atoms with E-state index >= 15 is 0 Å². The lowest BCUT2D eigenvalue weighted by Gasteiger charge is -2.20. The molecule has 2 unspecified atom stereocenters. The zero-order valence-corrected chi connectivity index (χ0v) is 13.8. The van der Waals surface area contributed by atoms with Crippen molar-refractivity contribution in [2.75, 3.05) is 12.8 Å². The van der Waals surface area contributed by atoms with Crippen molar-refractivity contribution in [2.45, 2.75) is 38.5 Å². The molecule has 0 aliphatic rings. The number of amides is 1. The van der Waals surface area contributed by atoms with Crippen LogP contribution >= 0.6 is 0 Å². The van der Waals surface area contributed by atoms with Crippen LogP contribution in [0, 0.1) is 5.92 Å². The summed E-state index contributed by atoms with van der Waals surface area (Å²) in [5, 5.41) is 12.8. The lowest BCUT2D eigenvalue weighted by Crippen LogP contribution is -2.36. The number of rotatable bonds is 8. The maximum atomic E-state index is 12.1. The number of hydrogen-bond acceptors (Lipinski definition) is 3. The number of benzene rings is 1. The summed E-state index contributed by atoms with van der Waals surface area (Å²) in [5.41, 5.74) is 1.42. The molecule has 2 N–H and O–H groups in total. The predicted molar refractivity (Wildman–Crippen MR) is 86.6 cm³/mol. The van der Waals surface area contributed by atoms with Crippen molar-refractivity contribution in [2.24, 2.45) is 5.92 Å². The van der Waals surface area contributed by atoms with Crippen molar-refractivity contribution >= 4 is 16.7 Å². The first kappa shape index (κ1) is 17.9. The van der Waals surface area contributed by atoms with E-state index in [2.05, 4.69) is 5.32 Å². The standard InChI is InChI=1S/C16H25NO3S/c1-4-13(5-2)15(18)10-17-16(19)14-8-6-7-12(9-14)11-21(3)20/h6-9,13,15,18H,4-5,10-11H2,1-3H3,(H,17,19). The minimum atomic E-state index is -0.930. The lowest BCUT2D eigenvalue weighted by atomic mass is 9.96. The van der Waals surface area contributed by atoms with E-state index in [-0.39, 0.29) is 18.4 Å². The number of aliphatic hydroxyl groups is 1. The van der Waals surface area contributed by atoms with Gasteiger partial charge < -0.3 is 10.4 Å². The van der Waals surface area contributed by atoms with E-state index in [1.165, 1.54) is 0 Å². The van der Waals surface area contributed by atoms with Crippen LogP contribution in [0.3, 0.4) is 0 Å². The Labute approximate surface area is 129 Å². The van der Waals surface area contributed by atoms with Gasteiger partial charge in [0.05, 0.1) is 6.10 Å². The molecule has 0 radical (unpaired) electrons. The lowest BCUT2D eigenvalue weighted by molar-refractivity contribution is 0.0816. The minimum Gasteiger partial charge on any atom is -0.391 e. The molecule has 0 bridgehead atoms. The summed E-state index contributed by atoms with van der Waals surface area (Å²) in [6, 6.07) is 7.12. The van der Waals surface area contributed by atoms with Gasteiger partial charge in [-0.1, -0.05) is 38.8 Å². The highest BCUT2D eigenvalue weighted by Gasteiger charge is 2.16. The SMILES string of the molecule is CCC(CC)C(O)CNC(=O)c1cccc(CS(C)=O)c1. The fourth-order valence-corrected chi connectivity index (χ4v) is 2.98. The van der Waals surface area contributed by atoms with Crippen LogP contribution in [0.4, 0.5) is 0 Å². The number of nitrogens with one attached hydrogen (secondary N) is 1. The number of carbonyl (C=O) groups excluding carboxylic acids is 1. The van der Waals surface area contributed by atoms with E-state index in [4.69, 9.17) is 0 Å². The van der Waals surface area contributed by atoms with E-state index in [9.17, 15) is 14.1 Å². The molecule has 0 aliphatic carbocycles. The van der Waals surface area contributed by atoms with Gasteiger partial charge >= 0.3 is 0 Å². The molecule has 4 nitrogen and oxygen atoms in total. The summed E-state index contributed by atoms with van der Waals surface area (Å²) in [6.07, 6.45) is 2.91. The molecule has 2 atom stereocenters. The van der Waals surface area contributed by atoms with Crippen molar-refractivity contribution in [1.82, 2.24) is 5.32 Å². The Hall–Kier alpha value is -1.20. The van der Waals surface area contributed by atoms with Crippen LogP contribution in [0.25, 0.3) is 0 Å². The molecule has 1 aromatic rings. The van der Waals surface area contributed by atoms with E-state index in [1.54, 1.807) is 24.5 Å². The fraction of sp³-hybridized carbons (Fsp3) is 0.562. The van der Waals surface area contributed by atoms with Crippen LogP contribution < -0.4 is 5.32 Å². The summed E-state index contributed by atoms with van der Waals surface area (Å²) >= 11 is 0. The molecule has 0 heterocycles. The molecule has 0 saturated heterocycles. The number of hydrogen-bond donors (Lipinski definition) is 2. The predicted octanol–water partition coefficient (Wildman–Crippen LogP) is 2.09. The van der Waals surface area contributed by atoms with Crippen molar-refractivity contribution in [1.29, 1.82) is 0 Å². The quantitative estimate of drug-likeness (QED) is 0.772. The van der Waals surface area contributed by atoms with Gasteiger partial charge in [0.2, 0.25) is 0 Å². The first-order valence-electron chi connectivity index (χ1n) is 7.33. The molecular formula is C16H25NO3S. The van der Waals surface area contributed by atoms with Gasteiger partial charge in [0.1, 0.15) is 0 Å². The monoisotopic (exact) mass is 311 g/mol. The molecule has 0 saturated carbocycles. The molecule has 0 spiro atoms. The van der Waals surface area contributed by atoms with E-state index < -0.39 is 16.9 Å². The summed E-state index contributed by atoms with van der Waals surface area (Å²) in [6.45, 7) is 4.33. The highest BCUT2D eigenvalue weighted by atomic mass is 32.2. The van der Waals surface area contributed by atoms with Gasteiger partial charge in [-0.2, -0.15) is 0 Å². The van der Waals surface area contributed by atoms with Gasteiger partial charge in [-0.05, 0) is 23.6 Å². The van der Waals surface area contributed by atoms with E-state index in [0.29, 0.717) is 11.3 Å². The Morgan fingerprint density at radius 2 is 2.00 bits per heavy atom. The van der Waals surface area contributed by atoms with Crippen LogP contribution in [-0.4, -0.2) is 34.1 Å². The zero-order valence-electron chi connectivity index (χ0n) is 13.0. The number of carbonyl (C=O) groups is 1. The summed E-state index contributed by atoms with van der Waals surface area (Å²) in [4.78, 5) is 12.1. The maximum Gasteiger partial charge on any atom is 0.251 e. The van der Waals surface area contributed by atoms with Crippen LogP contribution in [-0.2, 0) is 16.6 Å². The average molecular weight is 311 g/mol. The van der Waals surface area contributed by atoms with Crippen LogP contribution in [0.1, 0.15) is 42.6 Å². The maximum absolute atomic E-state index is 12.1. The second-order valence-corrected chi connectivity index (χ2v) is 6.71. The Bertz CT molecular complexity index is 486. The molecular weight excluding hydrogens is 286 g/mol. The van der Waals surface area contributed by atoms with Gasteiger partial charge in [-0.25, -0.2) is 0 Å². The van der Waals surface area contributed by atoms with Crippen LogP contribution in [0.5, 0.6) is 0 Å². The summed E-state index contributed by atoms with van der Waals surface area (Å²) in [7, 11) is -0.930. The smallest absolute Gasteiger partial charge is 0.251 e. The third-order valence-electron chi connectivity index (χ3n) is 3.62. The average Bonchev–Trinajstić information content (AvgIpc) is 2.45. The third-order valence-corrected chi connectivity index (χ3v) is 4.36. The van der Waals surface area contributed by atoms with E-state index in [1.807, 2.05) is 19.9 Å². The molecule has 0 fully saturated rings. The molecule has 0 aromatic heterocycles. The highest BCUT2D eigenvalue weighted by molar-refractivity contribution is 7.83. The van der Waals surface area contributed by atoms with E-state index in [0.717, 1.165) is 18.4 Å². The van der Waals surface area contributed by atoms with Gasteiger partial charge in [0.25, 0.3) is 5.91 Å². The van der Waals surface area contributed by atoms with Crippen molar-refractivity contribution in [3.05, 3.63) is 35.4 Å². The molecule has 118 valence electrons. The minimum absolute atomic E-state index is 0.205. The Balaban J connectivity index is 2.61. The van der Waals surface area contributed by atoms with Crippen LogP contribution in [0.15, 0.2) is 24.3 Å². The van der Waals surface area contributed by atoms with Gasteiger partial charge in [-0.3, -0.25) is 9.00 Å². The van der Waals surface area contributed by atoms with Crippen molar-refractivity contribution in [3.63, 3.8) is 0 Å².